The Labute approximate surface area is 112 Å². The van der Waals surface area contributed by atoms with Crippen LogP contribution in [0.2, 0.25) is 5.02 Å². The van der Waals surface area contributed by atoms with Crippen molar-refractivity contribution in [2.45, 2.75) is 38.1 Å². The highest BCUT2D eigenvalue weighted by Crippen LogP contribution is 2.37. The zero-order chi connectivity index (χ0) is 12.5. The van der Waals surface area contributed by atoms with Gasteiger partial charge < -0.3 is 10.6 Å². The Hall–Kier alpha value is -1.22. The largest absolute Gasteiger partial charge is 0.372 e. The van der Waals surface area contributed by atoms with Gasteiger partial charge in [-0.15, -0.1) is 0 Å². The third-order valence-electron chi connectivity index (χ3n) is 3.98. The lowest BCUT2D eigenvalue weighted by atomic mass is 9.83. The van der Waals surface area contributed by atoms with E-state index >= 15 is 0 Å². The number of hydrogen-bond acceptors (Lipinski definition) is 2. The molecular formula is C14H17ClN2O. The van der Waals surface area contributed by atoms with Gasteiger partial charge in [0.2, 0.25) is 5.91 Å². The van der Waals surface area contributed by atoms with Gasteiger partial charge in [0.25, 0.3) is 0 Å². The van der Waals surface area contributed by atoms with E-state index in [9.17, 15) is 4.79 Å². The van der Waals surface area contributed by atoms with Crippen molar-refractivity contribution in [3.05, 3.63) is 23.2 Å². The topological polar surface area (TPSA) is 41.1 Å². The number of benzene rings is 1. The molecule has 1 aliphatic heterocycles. The molecule has 18 heavy (non-hydrogen) atoms. The number of hydrogen-bond donors (Lipinski definition) is 2. The van der Waals surface area contributed by atoms with Crippen LogP contribution in [0, 0.1) is 5.92 Å². The summed E-state index contributed by atoms with van der Waals surface area (Å²) in [4.78, 5) is 12.2. The summed E-state index contributed by atoms with van der Waals surface area (Å²) in [5.41, 5.74) is 1.66. The maximum absolute atomic E-state index is 12.2. The van der Waals surface area contributed by atoms with E-state index in [0.717, 1.165) is 24.2 Å². The molecule has 0 radical (unpaired) electrons. The summed E-state index contributed by atoms with van der Waals surface area (Å²) in [5, 5.41) is 6.90. The number of amides is 1. The van der Waals surface area contributed by atoms with Gasteiger partial charge in [-0.05, 0) is 30.9 Å². The van der Waals surface area contributed by atoms with Crippen molar-refractivity contribution in [3.8, 4) is 0 Å². The maximum Gasteiger partial charge on any atom is 0.247 e. The van der Waals surface area contributed by atoms with Gasteiger partial charge in [0.05, 0.1) is 16.4 Å². The third-order valence-corrected chi connectivity index (χ3v) is 4.29. The molecule has 3 nitrogen and oxygen atoms in total. The summed E-state index contributed by atoms with van der Waals surface area (Å²) < 4.78 is 0. The molecule has 0 aromatic heterocycles. The van der Waals surface area contributed by atoms with E-state index in [1.54, 1.807) is 6.07 Å². The molecule has 0 spiro atoms. The minimum Gasteiger partial charge on any atom is -0.372 e. The van der Waals surface area contributed by atoms with Crippen molar-refractivity contribution in [3.63, 3.8) is 0 Å². The molecule has 1 aliphatic carbocycles. The number of anilines is 2. The highest BCUT2D eigenvalue weighted by Gasteiger charge is 2.33. The second kappa shape index (κ2) is 4.81. The second-order valence-corrected chi connectivity index (χ2v) is 5.58. The molecule has 2 N–H and O–H groups in total. The van der Waals surface area contributed by atoms with Crippen LogP contribution in [0.25, 0.3) is 0 Å². The van der Waals surface area contributed by atoms with Crippen molar-refractivity contribution in [2.24, 2.45) is 5.92 Å². The van der Waals surface area contributed by atoms with E-state index in [0.29, 0.717) is 10.9 Å². The highest BCUT2D eigenvalue weighted by atomic mass is 35.5. The Morgan fingerprint density at radius 2 is 1.94 bits per heavy atom. The van der Waals surface area contributed by atoms with Crippen LogP contribution in [0.15, 0.2) is 18.2 Å². The fourth-order valence-electron chi connectivity index (χ4n) is 3.00. The molecule has 0 saturated heterocycles. The van der Waals surface area contributed by atoms with Crippen molar-refractivity contribution >= 4 is 28.9 Å². The summed E-state index contributed by atoms with van der Waals surface area (Å²) in [7, 11) is 0. The molecule has 1 aromatic rings. The molecule has 1 fully saturated rings. The number of nitrogens with one attached hydrogen (secondary N) is 2. The van der Waals surface area contributed by atoms with Crippen LogP contribution in [0.1, 0.15) is 32.1 Å². The van der Waals surface area contributed by atoms with Gasteiger partial charge in [-0.3, -0.25) is 4.79 Å². The summed E-state index contributed by atoms with van der Waals surface area (Å²) >= 11 is 6.09. The zero-order valence-electron chi connectivity index (χ0n) is 10.2. The highest BCUT2D eigenvalue weighted by molar-refractivity contribution is 6.35. The number of para-hydroxylation sites is 1. The first-order valence-electron chi connectivity index (χ1n) is 6.61. The molecule has 2 aliphatic rings. The lowest BCUT2D eigenvalue weighted by molar-refractivity contribution is -0.118. The Kier molecular flexibility index (Phi) is 3.16. The normalized spacial score (nSPS) is 24.1. The monoisotopic (exact) mass is 264 g/mol. The van der Waals surface area contributed by atoms with Gasteiger partial charge >= 0.3 is 0 Å². The number of halogens is 1. The molecule has 1 heterocycles. The van der Waals surface area contributed by atoms with Crippen LogP contribution in [0.4, 0.5) is 11.4 Å². The van der Waals surface area contributed by atoms with E-state index in [2.05, 4.69) is 10.6 Å². The molecular weight excluding hydrogens is 248 g/mol. The van der Waals surface area contributed by atoms with Gasteiger partial charge in [0.15, 0.2) is 0 Å². The molecule has 3 rings (SSSR count). The van der Waals surface area contributed by atoms with E-state index in [-0.39, 0.29) is 11.9 Å². The third kappa shape index (κ3) is 2.07. The SMILES string of the molecule is O=C1Nc2c(Cl)cccc2NC1C1CCCCC1. The summed E-state index contributed by atoms with van der Waals surface area (Å²) in [6.07, 6.45) is 6.05. The minimum absolute atomic E-state index is 0.0579. The fraction of sp³-hybridized carbons (Fsp3) is 0.500. The zero-order valence-corrected chi connectivity index (χ0v) is 11.0. The Balaban J connectivity index is 1.85. The average Bonchev–Trinajstić information content (AvgIpc) is 2.40. The molecule has 1 amide bonds. The molecule has 1 saturated carbocycles. The standard InChI is InChI=1S/C14H17ClN2O/c15-10-7-4-8-11-13(10)17-14(18)12(16-11)9-5-2-1-3-6-9/h4,7-9,12,16H,1-3,5-6H2,(H,17,18). The lowest BCUT2D eigenvalue weighted by Crippen LogP contribution is -2.44. The first-order valence-corrected chi connectivity index (χ1v) is 6.99. The number of fused-ring (bicyclic) bond motifs is 1. The van der Waals surface area contributed by atoms with E-state index < -0.39 is 0 Å². The molecule has 1 aromatic carbocycles. The second-order valence-electron chi connectivity index (χ2n) is 5.17. The smallest absolute Gasteiger partial charge is 0.247 e. The van der Waals surface area contributed by atoms with Gasteiger partial charge in [0.1, 0.15) is 6.04 Å². The van der Waals surface area contributed by atoms with Crippen molar-refractivity contribution in [2.75, 3.05) is 10.6 Å². The van der Waals surface area contributed by atoms with Gasteiger partial charge in [-0.25, -0.2) is 0 Å². The van der Waals surface area contributed by atoms with E-state index in [1.807, 2.05) is 12.1 Å². The average molecular weight is 265 g/mol. The lowest BCUT2D eigenvalue weighted by Gasteiger charge is -2.34. The van der Waals surface area contributed by atoms with E-state index in [1.165, 1.54) is 19.3 Å². The number of rotatable bonds is 1. The molecule has 0 bridgehead atoms. The quantitative estimate of drug-likeness (QED) is 0.813. The van der Waals surface area contributed by atoms with E-state index in [4.69, 9.17) is 11.6 Å². The van der Waals surface area contributed by atoms with Gasteiger partial charge in [0, 0.05) is 0 Å². The van der Waals surface area contributed by atoms with Crippen LogP contribution in [-0.4, -0.2) is 11.9 Å². The van der Waals surface area contributed by atoms with Crippen molar-refractivity contribution in [1.82, 2.24) is 0 Å². The predicted octanol–water partition coefficient (Wildman–Crippen LogP) is 3.65. The number of carbonyl (C=O) groups is 1. The van der Waals surface area contributed by atoms with Crippen LogP contribution < -0.4 is 10.6 Å². The Morgan fingerprint density at radius 1 is 1.17 bits per heavy atom. The molecule has 4 heteroatoms. The number of carbonyl (C=O) groups excluding carboxylic acids is 1. The van der Waals surface area contributed by atoms with Crippen LogP contribution >= 0.6 is 11.6 Å². The van der Waals surface area contributed by atoms with Crippen LogP contribution in [-0.2, 0) is 4.79 Å². The Bertz CT molecular complexity index is 469. The summed E-state index contributed by atoms with van der Waals surface area (Å²) in [6, 6.07) is 5.57. The maximum atomic E-state index is 12.2. The molecule has 1 atom stereocenters. The first-order chi connectivity index (χ1) is 8.75. The molecule has 96 valence electrons. The summed E-state index contributed by atoms with van der Waals surface area (Å²) in [5.74, 6) is 0.508. The van der Waals surface area contributed by atoms with Gasteiger partial charge in [-0.1, -0.05) is 36.9 Å². The van der Waals surface area contributed by atoms with Crippen molar-refractivity contribution in [1.29, 1.82) is 0 Å². The minimum atomic E-state index is -0.101. The Morgan fingerprint density at radius 3 is 2.72 bits per heavy atom. The van der Waals surface area contributed by atoms with Crippen molar-refractivity contribution < 1.29 is 4.79 Å². The fourth-order valence-corrected chi connectivity index (χ4v) is 3.23. The van der Waals surface area contributed by atoms with Crippen LogP contribution in [0.3, 0.4) is 0 Å². The predicted molar refractivity (Wildman–Crippen MR) is 74.1 cm³/mol. The van der Waals surface area contributed by atoms with Gasteiger partial charge in [-0.2, -0.15) is 0 Å². The van der Waals surface area contributed by atoms with Crippen LogP contribution in [0.5, 0.6) is 0 Å². The summed E-state index contributed by atoms with van der Waals surface area (Å²) in [6.45, 7) is 0. The molecule has 1 unspecified atom stereocenters. The first kappa shape index (κ1) is 11.8.